The summed E-state index contributed by atoms with van der Waals surface area (Å²) < 4.78 is 0. The van der Waals surface area contributed by atoms with Gasteiger partial charge in [-0.1, -0.05) is 36.4 Å². The Balaban J connectivity index is 2.42. The molecule has 0 aliphatic rings. The highest BCUT2D eigenvalue weighted by atomic mass is 16.4. The standard InChI is InChI=1S/C15H20N4O2/c16-15(17)19-11-5-9-13(14(20)21)18-10-4-8-12-6-2-1-3-7-12/h1-4,6-8,10,13H,5,9,11H2,(H,20,21)(H4,16,17,19)/b8-4+,18-10+/t13-/m0/s1. The molecule has 0 aliphatic heterocycles. The molecule has 1 aromatic rings. The maximum absolute atomic E-state index is 11.1. The molecule has 0 radical (unpaired) electrons. The molecule has 0 aliphatic carbocycles. The van der Waals surface area contributed by atoms with Crippen LogP contribution in [0.1, 0.15) is 18.4 Å². The van der Waals surface area contributed by atoms with Gasteiger partial charge in [0.05, 0.1) is 0 Å². The van der Waals surface area contributed by atoms with Gasteiger partial charge in [-0.05, 0) is 24.5 Å². The second-order valence-corrected chi connectivity index (χ2v) is 4.40. The van der Waals surface area contributed by atoms with E-state index in [2.05, 4.69) is 10.3 Å². The first-order valence-electron chi connectivity index (χ1n) is 6.65. The van der Waals surface area contributed by atoms with Crippen LogP contribution in [0.25, 0.3) is 6.08 Å². The number of benzene rings is 1. The molecule has 6 nitrogen and oxygen atoms in total. The number of nitrogens with two attached hydrogens (primary N) is 1. The Bertz CT molecular complexity index is 512. The summed E-state index contributed by atoms with van der Waals surface area (Å²) in [4.78, 5) is 15.1. The zero-order valence-corrected chi connectivity index (χ0v) is 11.7. The Hall–Kier alpha value is -2.63. The van der Waals surface area contributed by atoms with Crippen molar-refractivity contribution in [2.24, 2.45) is 10.7 Å². The zero-order valence-electron chi connectivity index (χ0n) is 11.7. The van der Waals surface area contributed by atoms with E-state index in [-0.39, 0.29) is 5.96 Å². The van der Waals surface area contributed by atoms with Crippen molar-refractivity contribution < 1.29 is 9.90 Å². The van der Waals surface area contributed by atoms with Crippen LogP contribution >= 0.6 is 0 Å². The average Bonchev–Trinajstić information content (AvgIpc) is 2.46. The predicted octanol–water partition coefficient (Wildman–Crippen LogP) is 1.49. The molecule has 5 N–H and O–H groups in total. The highest BCUT2D eigenvalue weighted by molar-refractivity contribution is 5.82. The second kappa shape index (κ2) is 9.30. The maximum Gasteiger partial charge on any atom is 0.328 e. The van der Waals surface area contributed by atoms with Crippen molar-refractivity contribution in [1.29, 1.82) is 5.41 Å². The third kappa shape index (κ3) is 7.51. The van der Waals surface area contributed by atoms with Crippen molar-refractivity contribution >= 4 is 24.2 Å². The molecule has 1 aromatic carbocycles. The summed E-state index contributed by atoms with van der Waals surface area (Å²) in [6.45, 7) is 0.467. The molecular formula is C15H20N4O2. The van der Waals surface area contributed by atoms with Gasteiger partial charge in [-0.3, -0.25) is 10.4 Å². The van der Waals surface area contributed by atoms with Gasteiger partial charge in [-0.15, -0.1) is 0 Å². The van der Waals surface area contributed by atoms with E-state index in [1.807, 2.05) is 36.4 Å². The average molecular weight is 288 g/mol. The van der Waals surface area contributed by atoms with Crippen LogP contribution in [-0.2, 0) is 4.79 Å². The first-order valence-corrected chi connectivity index (χ1v) is 6.65. The normalized spacial score (nSPS) is 12.6. The topological polar surface area (TPSA) is 112 Å². The fraction of sp³-hybridized carbons (Fsp3) is 0.267. The number of hydrogen-bond donors (Lipinski definition) is 4. The van der Waals surface area contributed by atoms with Gasteiger partial charge in [0.1, 0.15) is 6.04 Å². The van der Waals surface area contributed by atoms with Crippen molar-refractivity contribution in [3.8, 4) is 0 Å². The van der Waals surface area contributed by atoms with Gasteiger partial charge in [0.15, 0.2) is 5.96 Å². The lowest BCUT2D eigenvalue weighted by atomic mass is 10.1. The minimum atomic E-state index is -0.956. The van der Waals surface area contributed by atoms with Crippen LogP contribution in [0.4, 0.5) is 0 Å². The number of aliphatic imine (C=N–C) groups is 1. The number of allylic oxidation sites excluding steroid dienone is 1. The largest absolute Gasteiger partial charge is 0.480 e. The van der Waals surface area contributed by atoms with Crippen LogP contribution in [0.2, 0.25) is 0 Å². The fourth-order valence-corrected chi connectivity index (χ4v) is 1.65. The van der Waals surface area contributed by atoms with Crippen LogP contribution in [0, 0.1) is 5.41 Å². The SMILES string of the molecule is N=C(N)NCCC[C@H](/N=C/C=C/c1ccccc1)C(=O)O. The zero-order chi connectivity index (χ0) is 15.5. The molecule has 0 spiro atoms. The summed E-state index contributed by atoms with van der Waals surface area (Å²) in [5.41, 5.74) is 6.17. The van der Waals surface area contributed by atoms with Crippen molar-refractivity contribution in [2.75, 3.05) is 6.54 Å². The molecular weight excluding hydrogens is 268 g/mol. The summed E-state index contributed by atoms with van der Waals surface area (Å²) in [6, 6.07) is 8.91. The summed E-state index contributed by atoms with van der Waals surface area (Å²) in [5, 5.41) is 18.7. The van der Waals surface area contributed by atoms with Gasteiger partial charge in [-0.2, -0.15) is 0 Å². The molecule has 0 saturated heterocycles. The van der Waals surface area contributed by atoms with Crippen LogP contribution in [0.5, 0.6) is 0 Å². The Morgan fingerprint density at radius 3 is 2.76 bits per heavy atom. The van der Waals surface area contributed by atoms with E-state index in [4.69, 9.17) is 16.2 Å². The number of rotatable bonds is 8. The van der Waals surface area contributed by atoms with E-state index in [1.165, 1.54) is 6.21 Å². The lowest BCUT2D eigenvalue weighted by Crippen LogP contribution is -2.31. The molecule has 0 saturated carbocycles. The molecule has 21 heavy (non-hydrogen) atoms. The molecule has 0 fully saturated rings. The Morgan fingerprint density at radius 1 is 1.43 bits per heavy atom. The van der Waals surface area contributed by atoms with E-state index < -0.39 is 12.0 Å². The fourth-order valence-electron chi connectivity index (χ4n) is 1.65. The van der Waals surface area contributed by atoms with Crippen LogP contribution in [-0.4, -0.2) is 35.8 Å². The first-order chi connectivity index (χ1) is 10.1. The number of carbonyl (C=O) groups is 1. The monoisotopic (exact) mass is 288 g/mol. The number of guanidine groups is 1. The lowest BCUT2D eigenvalue weighted by molar-refractivity contribution is -0.138. The molecule has 112 valence electrons. The molecule has 0 amide bonds. The molecule has 0 unspecified atom stereocenters. The second-order valence-electron chi connectivity index (χ2n) is 4.40. The highest BCUT2D eigenvalue weighted by Gasteiger charge is 2.13. The molecule has 0 bridgehead atoms. The molecule has 1 atom stereocenters. The van der Waals surface area contributed by atoms with Gasteiger partial charge >= 0.3 is 5.97 Å². The Labute approximate surface area is 123 Å². The van der Waals surface area contributed by atoms with E-state index in [0.717, 1.165) is 5.56 Å². The van der Waals surface area contributed by atoms with Crippen LogP contribution in [0.3, 0.4) is 0 Å². The van der Waals surface area contributed by atoms with Crippen LogP contribution in [0.15, 0.2) is 41.4 Å². The quantitative estimate of drug-likeness (QED) is 0.330. The van der Waals surface area contributed by atoms with Gasteiger partial charge in [0, 0.05) is 12.8 Å². The number of carboxylic acids is 1. The third-order valence-corrected chi connectivity index (χ3v) is 2.70. The minimum absolute atomic E-state index is 0.115. The molecule has 1 rings (SSSR count). The summed E-state index contributed by atoms with van der Waals surface area (Å²) >= 11 is 0. The minimum Gasteiger partial charge on any atom is -0.480 e. The first kappa shape index (κ1) is 16.4. The number of hydrogen-bond acceptors (Lipinski definition) is 3. The van der Waals surface area contributed by atoms with E-state index >= 15 is 0 Å². The predicted molar refractivity (Wildman–Crippen MR) is 84.5 cm³/mol. The summed E-state index contributed by atoms with van der Waals surface area (Å²) in [5.74, 6) is -1.07. The van der Waals surface area contributed by atoms with Gasteiger partial charge < -0.3 is 16.2 Å². The number of nitrogens with zero attached hydrogens (tertiary/aromatic N) is 1. The Morgan fingerprint density at radius 2 is 2.14 bits per heavy atom. The van der Waals surface area contributed by atoms with E-state index in [1.54, 1.807) is 6.08 Å². The van der Waals surface area contributed by atoms with Crippen molar-refractivity contribution in [3.63, 3.8) is 0 Å². The maximum atomic E-state index is 11.1. The van der Waals surface area contributed by atoms with E-state index in [0.29, 0.717) is 19.4 Å². The number of carboxylic acid groups (broad SMARTS) is 1. The van der Waals surface area contributed by atoms with Gasteiger partial charge in [0.2, 0.25) is 0 Å². The van der Waals surface area contributed by atoms with Crippen LogP contribution < -0.4 is 11.1 Å². The highest BCUT2D eigenvalue weighted by Crippen LogP contribution is 2.03. The molecule has 0 heterocycles. The molecule has 6 heteroatoms. The lowest BCUT2D eigenvalue weighted by Gasteiger charge is -2.07. The smallest absolute Gasteiger partial charge is 0.328 e. The number of aliphatic carboxylic acids is 1. The third-order valence-electron chi connectivity index (χ3n) is 2.70. The Kier molecular flexibility index (Phi) is 7.28. The molecule has 0 aromatic heterocycles. The van der Waals surface area contributed by atoms with Gasteiger partial charge in [-0.25, -0.2) is 4.79 Å². The van der Waals surface area contributed by atoms with Crippen molar-refractivity contribution in [3.05, 3.63) is 42.0 Å². The van der Waals surface area contributed by atoms with Crippen molar-refractivity contribution in [1.82, 2.24) is 5.32 Å². The van der Waals surface area contributed by atoms with E-state index in [9.17, 15) is 4.79 Å². The summed E-state index contributed by atoms with van der Waals surface area (Å²) in [7, 11) is 0. The van der Waals surface area contributed by atoms with Crippen molar-refractivity contribution in [2.45, 2.75) is 18.9 Å². The summed E-state index contributed by atoms with van der Waals surface area (Å²) in [6.07, 6.45) is 6.06. The number of nitrogens with one attached hydrogen (secondary N) is 2. The van der Waals surface area contributed by atoms with Gasteiger partial charge in [0.25, 0.3) is 0 Å².